The van der Waals surface area contributed by atoms with E-state index in [0.717, 1.165) is 12.0 Å². The third kappa shape index (κ3) is 5.90. The van der Waals surface area contributed by atoms with Crippen molar-refractivity contribution in [2.45, 2.75) is 32.1 Å². The van der Waals surface area contributed by atoms with E-state index in [2.05, 4.69) is 23.5 Å². The minimum Gasteiger partial charge on any atom is -0.399 e. The highest BCUT2D eigenvalue weighted by atomic mass is 32.2. The maximum absolute atomic E-state index is 11.9. The first kappa shape index (κ1) is 16.9. The summed E-state index contributed by atoms with van der Waals surface area (Å²) < 4.78 is 26.5. The Labute approximate surface area is 122 Å². The van der Waals surface area contributed by atoms with Gasteiger partial charge in [0.15, 0.2) is 0 Å². The van der Waals surface area contributed by atoms with Crippen molar-refractivity contribution in [1.29, 1.82) is 0 Å². The first-order valence-electron chi connectivity index (χ1n) is 6.86. The second-order valence-electron chi connectivity index (χ2n) is 5.13. The van der Waals surface area contributed by atoms with Gasteiger partial charge in [0, 0.05) is 24.8 Å². The van der Waals surface area contributed by atoms with Crippen LogP contribution in [0.4, 0.5) is 5.69 Å². The molecular formula is C14H25N3O2S. The average Bonchev–Trinajstić information content (AvgIpc) is 2.39. The Balaban J connectivity index is 2.44. The summed E-state index contributed by atoms with van der Waals surface area (Å²) in [6.45, 7) is 5.38. The maximum atomic E-state index is 11.9. The number of hydrogen-bond acceptors (Lipinski definition) is 4. The van der Waals surface area contributed by atoms with E-state index >= 15 is 0 Å². The number of likely N-dealkylation sites (N-methyl/N-ethyl adjacent to an activating group) is 1. The molecule has 3 N–H and O–H groups in total. The van der Waals surface area contributed by atoms with Crippen LogP contribution in [0.3, 0.4) is 0 Å². The number of benzene rings is 1. The zero-order valence-corrected chi connectivity index (χ0v) is 13.3. The molecule has 6 heteroatoms. The molecule has 0 aliphatic rings. The van der Waals surface area contributed by atoms with Crippen LogP contribution >= 0.6 is 0 Å². The standard InChI is InChI=1S/C14H25N3O2S/c1-4-12(2)17(3)10-9-16-20(18,19)11-13-5-7-14(15)8-6-13/h5-8,12,16H,4,9-11,15H2,1-3H3. The Morgan fingerprint density at radius 1 is 1.30 bits per heavy atom. The minimum absolute atomic E-state index is 0.0136. The van der Waals surface area contributed by atoms with Gasteiger partial charge in [0.2, 0.25) is 10.0 Å². The first-order chi connectivity index (χ1) is 9.34. The maximum Gasteiger partial charge on any atom is 0.215 e. The van der Waals surface area contributed by atoms with Crippen molar-refractivity contribution in [3.63, 3.8) is 0 Å². The predicted octanol–water partition coefficient (Wildman–Crippen LogP) is 1.42. The van der Waals surface area contributed by atoms with Crippen LogP contribution in [-0.4, -0.2) is 39.5 Å². The predicted molar refractivity (Wildman–Crippen MR) is 83.9 cm³/mol. The van der Waals surface area contributed by atoms with Crippen LogP contribution in [0.2, 0.25) is 0 Å². The van der Waals surface area contributed by atoms with E-state index in [1.807, 2.05) is 7.05 Å². The average molecular weight is 299 g/mol. The van der Waals surface area contributed by atoms with Gasteiger partial charge in [0.1, 0.15) is 0 Å². The van der Waals surface area contributed by atoms with E-state index in [1.165, 1.54) is 0 Å². The summed E-state index contributed by atoms with van der Waals surface area (Å²) >= 11 is 0. The van der Waals surface area contributed by atoms with Gasteiger partial charge in [0.25, 0.3) is 0 Å². The van der Waals surface area contributed by atoms with Crippen molar-refractivity contribution in [3.8, 4) is 0 Å². The topological polar surface area (TPSA) is 75.4 Å². The Morgan fingerprint density at radius 3 is 2.45 bits per heavy atom. The lowest BCUT2D eigenvalue weighted by molar-refractivity contribution is 0.256. The van der Waals surface area contributed by atoms with E-state index in [1.54, 1.807) is 24.3 Å². The number of nitrogen functional groups attached to an aromatic ring is 1. The lowest BCUT2D eigenvalue weighted by Gasteiger charge is -2.23. The van der Waals surface area contributed by atoms with Crippen LogP contribution in [0.15, 0.2) is 24.3 Å². The van der Waals surface area contributed by atoms with E-state index in [9.17, 15) is 8.42 Å². The Kier molecular flexibility index (Phi) is 6.45. The fraction of sp³-hybridized carbons (Fsp3) is 0.571. The molecule has 0 spiro atoms. The monoisotopic (exact) mass is 299 g/mol. The summed E-state index contributed by atoms with van der Waals surface area (Å²) in [7, 11) is -1.29. The Hall–Kier alpha value is -1.11. The van der Waals surface area contributed by atoms with Crippen LogP contribution < -0.4 is 10.5 Å². The fourth-order valence-electron chi connectivity index (χ4n) is 1.79. The molecule has 0 aliphatic heterocycles. The van der Waals surface area contributed by atoms with Gasteiger partial charge in [0.05, 0.1) is 5.75 Å². The van der Waals surface area contributed by atoms with Gasteiger partial charge >= 0.3 is 0 Å². The molecule has 1 atom stereocenters. The van der Waals surface area contributed by atoms with Crippen LogP contribution in [0.1, 0.15) is 25.8 Å². The number of hydrogen-bond donors (Lipinski definition) is 2. The Bertz CT molecular complexity index is 500. The molecule has 0 amide bonds. The molecule has 20 heavy (non-hydrogen) atoms. The third-order valence-electron chi connectivity index (χ3n) is 3.47. The molecule has 0 bridgehead atoms. The second-order valence-corrected chi connectivity index (χ2v) is 6.94. The van der Waals surface area contributed by atoms with Gasteiger partial charge in [-0.3, -0.25) is 0 Å². The van der Waals surface area contributed by atoms with E-state index in [0.29, 0.717) is 24.8 Å². The van der Waals surface area contributed by atoms with Crippen LogP contribution in [0.25, 0.3) is 0 Å². The number of rotatable bonds is 8. The van der Waals surface area contributed by atoms with Gasteiger partial charge in [-0.15, -0.1) is 0 Å². The molecule has 1 aromatic carbocycles. The van der Waals surface area contributed by atoms with Gasteiger partial charge in [-0.05, 0) is 38.1 Å². The van der Waals surface area contributed by atoms with Crippen molar-refractivity contribution in [3.05, 3.63) is 29.8 Å². The summed E-state index contributed by atoms with van der Waals surface area (Å²) in [6.07, 6.45) is 1.05. The molecule has 0 fully saturated rings. The summed E-state index contributed by atoms with van der Waals surface area (Å²) in [4.78, 5) is 2.14. The number of sulfonamides is 1. The summed E-state index contributed by atoms with van der Waals surface area (Å²) in [5, 5.41) is 0. The largest absolute Gasteiger partial charge is 0.399 e. The van der Waals surface area contributed by atoms with E-state index < -0.39 is 10.0 Å². The van der Waals surface area contributed by atoms with Crippen LogP contribution in [0, 0.1) is 0 Å². The van der Waals surface area contributed by atoms with Gasteiger partial charge in [-0.2, -0.15) is 0 Å². The SMILES string of the molecule is CCC(C)N(C)CCNS(=O)(=O)Cc1ccc(N)cc1. The molecule has 1 rings (SSSR count). The highest BCUT2D eigenvalue weighted by Crippen LogP contribution is 2.08. The molecule has 0 heterocycles. The highest BCUT2D eigenvalue weighted by Gasteiger charge is 2.12. The molecule has 0 aliphatic carbocycles. The van der Waals surface area contributed by atoms with Gasteiger partial charge in [-0.25, -0.2) is 13.1 Å². The molecular weight excluding hydrogens is 274 g/mol. The zero-order chi connectivity index (χ0) is 15.2. The second kappa shape index (κ2) is 7.61. The molecule has 0 saturated carbocycles. The smallest absolute Gasteiger partial charge is 0.215 e. The number of nitrogens with one attached hydrogen (secondary N) is 1. The quantitative estimate of drug-likeness (QED) is 0.712. The summed E-state index contributed by atoms with van der Waals surface area (Å²) in [6, 6.07) is 7.35. The van der Waals surface area contributed by atoms with Crippen molar-refractivity contribution in [2.75, 3.05) is 25.9 Å². The number of nitrogens with two attached hydrogens (primary N) is 1. The summed E-state index contributed by atoms with van der Waals surface area (Å²) in [5.74, 6) is -0.0136. The lowest BCUT2D eigenvalue weighted by Crippen LogP contribution is -2.37. The van der Waals surface area contributed by atoms with Crippen molar-refractivity contribution >= 4 is 15.7 Å². The fourth-order valence-corrected chi connectivity index (χ4v) is 2.93. The zero-order valence-electron chi connectivity index (χ0n) is 12.5. The highest BCUT2D eigenvalue weighted by molar-refractivity contribution is 7.88. The first-order valence-corrected chi connectivity index (χ1v) is 8.51. The van der Waals surface area contributed by atoms with Crippen molar-refractivity contribution < 1.29 is 8.42 Å². The molecule has 5 nitrogen and oxygen atoms in total. The molecule has 1 aromatic rings. The molecule has 0 aromatic heterocycles. The van der Waals surface area contributed by atoms with Crippen LogP contribution in [-0.2, 0) is 15.8 Å². The number of nitrogens with zero attached hydrogens (tertiary/aromatic N) is 1. The number of anilines is 1. The van der Waals surface area contributed by atoms with E-state index in [-0.39, 0.29) is 5.75 Å². The van der Waals surface area contributed by atoms with E-state index in [4.69, 9.17) is 5.73 Å². The van der Waals surface area contributed by atoms with Gasteiger partial charge in [-0.1, -0.05) is 19.1 Å². The minimum atomic E-state index is -3.29. The van der Waals surface area contributed by atoms with Crippen LogP contribution in [0.5, 0.6) is 0 Å². The third-order valence-corrected chi connectivity index (χ3v) is 4.82. The van der Waals surface area contributed by atoms with Crippen molar-refractivity contribution in [1.82, 2.24) is 9.62 Å². The summed E-state index contributed by atoms with van der Waals surface area (Å²) in [5.41, 5.74) is 6.95. The molecule has 0 saturated heterocycles. The Morgan fingerprint density at radius 2 is 1.90 bits per heavy atom. The molecule has 0 radical (unpaired) electrons. The molecule has 114 valence electrons. The lowest BCUT2D eigenvalue weighted by atomic mass is 10.2. The normalized spacial score (nSPS) is 13.6. The van der Waals surface area contributed by atoms with Gasteiger partial charge < -0.3 is 10.6 Å². The van der Waals surface area contributed by atoms with Crippen molar-refractivity contribution in [2.24, 2.45) is 0 Å². The molecule has 1 unspecified atom stereocenters.